The van der Waals surface area contributed by atoms with Gasteiger partial charge in [0.05, 0.1) is 30.2 Å². The Morgan fingerprint density at radius 1 is 1.09 bits per heavy atom. The Morgan fingerprint density at radius 3 is 2.56 bits per heavy atom. The highest BCUT2D eigenvalue weighted by Gasteiger charge is 2.31. The molecule has 32 heavy (non-hydrogen) atoms. The smallest absolute Gasteiger partial charge is 0.223 e. The number of hydrogen-bond acceptors (Lipinski definition) is 4. The van der Waals surface area contributed by atoms with E-state index < -0.39 is 0 Å². The fourth-order valence-corrected chi connectivity index (χ4v) is 4.58. The Morgan fingerprint density at radius 2 is 1.88 bits per heavy atom. The van der Waals surface area contributed by atoms with Gasteiger partial charge in [0.25, 0.3) is 0 Å². The molecule has 0 fully saturated rings. The second kappa shape index (κ2) is 7.82. The zero-order chi connectivity index (χ0) is 22.4. The van der Waals surface area contributed by atoms with E-state index >= 15 is 0 Å². The van der Waals surface area contributed by atoms with Gasteiger partial charge < -0.3 is 14.0 Å². The van der Waals surface area contributed by atoms with Crippen molar-refractivity contribution < 1.29 is 9.32 Å². The van der Waals surface area contributed by atoms with Crippen molar-refractivity contribution in [2.75, 3.05) is 0 Å². The number of hydrogen-bond donors (Lipinski definition) is 0. The maximum Gasteiger partial charge on any atom is 0.223 e. The van der Waals surface area contributed by atoms with Crippen LogP contribution in [0.4, 0.5) is 0 Å². The topological polar surface area (TPSA) is 69.1 Å². The number of nitrogens with zero attached hydrogens (tertiary/aromatic N) is 5. The lowest BCUT2D eigenvalue weighted by Crippen LogP contribution is -2.26. The summed E-state index contributed by atoms with van der Waals surface area (Å²) in [6.45, 7) is 9.11. The number of amides is 1. The summed E-state index contributed by atoms with van der Waals surface area (Å²) < 4.78 is 9.34. The molecule has 7 heteroatoms. The molecule has 0 bridgehead atoms. The van der Waals surface area contributed by atoms with E-state index in [0.29, 0.717) is 25.9 Å². The van der Waals surface area contributed by atoms with Crippen LogP contribution < -0.4 is 0 Å². The minimum Gasteiger partial charge on any atom is -0.361 e. The number of aromatic nitrogens is 4. The molecule has 4 heterocycles. The van der Waals surface area contributed by atoms with Gasteiger partial charge in [-0.25, -0.2) is 4.68 Å². The van der Waals surface area contributed by atoms with Gasteiger partial charge in [0.15, 0.2) is 0 Å². The Kier molecular flexibility index (Phi) is 4.96. The van der Waals surface area contributed by atoms with Gasteiger partial charge in [-0.15, -0.1) is 0 Å². The van der Waals surface area contributed by atoms with Gasteiger partial charge in [0.2, 0.25) is 5.91 Å². The fraction of sp³-hybridized carbons (Fsp3) is 0.320. The number of carbonyl (C=O) groups is 1. The third-order valence-electron chi connectivity index (χ3n) is 6.28. The highest BCUT2D eigenvalue weighted by molar-refractivity contribution is 5.77. The van der Waals surface area contributed by atoms with E-state index in [4.69, 9.17) is 9.62 Å². The molecular weight excluding hydrogens is 402 g/mol. The summed E-state index contributed by atoms with van der Waals surface area (Å²) in [7, 11) is 0. The summed E-state index contributed by atoms with van der Waals surface area (Å²) in [4.78, 5) is 14.9. The summed E-state index contributed by atoms with van der Waals surface area (Å²) in [6, 6.07) is 10.4. The molecule has 0 saturated heterocycles. The molecule has 1 aliphatic heterocycles. The molecular formula is C25H27N5O2. The quantitative estimate of drug-likeness (QED) is 0.473. The van der Waals surface area contributed by atoms with Gasteiger partial charge in [-0.2, -0.15) is 5.10 Å². The zero-order valence-electron chi connectivity index (χ0n) is 18.9. The third kappa shape index (κ3) is 3.43. The Balaban J connectivity index is 1.43. The highest BCUT2D eigenvalue weighted by atomic mass is 16.5. The first-order valence-electron chi connectivity index (χ1n) is 10.9. The minimum absolute atomic E-state index is 0.125. The van der Waals surface area contributed by atoms with Crippen LogP contribution >= 0.6 is 0 Å². The van der Waals surface area contributed by atoms with E-state index in [1.165, 1.54) is 11.1 Å². The molecule has 0 N–H and O–H groups in total. The zero-order valence-corrected chi connectivity index (χ0v) is 18.9. The lowest BCUT2D eigenvalue weighted by molar-refractivity contribution is -0.131. The highest BCUT2D eigenvalue weighted by Crippen LogP contribution is 2.32. The standard InChI is InChI=1S/C25H27N5O2/c1-16-7-9-23(17(2)13-16)30-25(28-11-5-6-12-28)21-14-29(15-22(21)26-30)24(31)10-8-20-18(3)27-32-19(20)4/h5-7,9,11-13H,8,10,14-15H2,1-4H3. The van der Waals surface area contributed by atoms with Gasteiger partial charge >= 0.3 is 0 Å². The molecule has 1 aromatic carbocycles. The average molecular weight is 430 g/mol. The first-order chi connectivity index (χ1) is 15.4. The molecule has 5 rings (SSSR count). The lowest BCUT2D eigenvalue weighted by Gasteiger charge is -2.18. The normalized spacial score (nSPS) is 13.1. The van der Waals surface area contributed by atoms with Crippen LogP contribution in [0.2, 0.25) is 0 Å². The van der Waals surface area contributed by atoms with Gasteiger partial charge in [0, 0.05) is 29.9 Å². The van der Waals surface area contributed by atoms with Crippen molar-refractivity contribution in [2.45, 2.75) is 53.6 Å². The molecule has 1 aliphatic rings. The van der Waals surface area contributed by atoms with Crippen molar-refractivity contribution in [2.24, 2.45) is 0 Å². The predicted octanol–water partition coefficient (Wildman–Crippen LogP) is 4.36. The molecule has 0 spiro atoms. The van der Waals surface area contributed by atoms with E-state index in [0.717, 1.165) is 39.8 Å². The van der Waals surface area contributed by atoms with E-state index in [1.807, 2.05) is 48.0 Å². The number of aryl methyl sites for hydroxylation is 4. The van der Waals surface area contributed by atoms with Crippen LogP contribution in [0.25, 0.3) is 11.5 Å². The maximum atomic E-state index is 13.0. The Hall–Kier alpha value is -3.61. The van der Waals surface area contributed by atoms with Gasteiger partial charge in [-0.05, 0) is 57.9 Å². The fourth-order valence-electron chi connectivity index (χ4n) is 4.58. The van der Waals surface area contributed by atoms with Crippen LogP contribution in [0.15, 0.2) is 47.2 Å². The first kappa shape index (κ1) is 20.3. The molecule has 7 nitrogen and oxygen atoms in total. The van der Waals surface area contributed by atoms with Crippen LogP contribution in [-0.4, -0.2) is 30.3 Å². The van der Waals surface area contributed by atoms with Crippen molar-refractivity contribution in [1.29, 1.82) is 0 Å². The molecule has 0 saturated carbocycles. The molecule has 164 valence electrons. The van der Waals surface area contributed by atoms with Crippen molar-refractivity contribution >= 4 is 5.91 Å². The molecule has 0 radical (unpaired) electrons. The Bertz CT molecular complexity index is 1280. The second-order valence-electron chi connectivity index (χ2n) is 8.59. The van der Waals surface area contributed by atoms with Crippen molar-refractivity contribution in [3.63, 3.8) is 0 Å². The van der Waals surface area contributed by atoms with Crippen LogP contribution in [0.5, 0.6) is 0 Å². The lowest BCUT2D eigenvalue weighted by atomic mass is 10.1. The summed E-state index contributed by atoms with van der Waals surface area (Å²) in [5.74, 6) is 1.91. The average Bonchev–Trinajstić information content (AvgIpc) is 3.52. The number of benzene rings is 1. The first-order valence-corrected chi connectivity index (χ1v) is 10.9. The molecule has 3 aromatic heterocycles. The molecule has 0 atom stereocenters. The van der Waals surface area contributed by atoms with E-state index in [-0.39, 0.29) is 5.91 Å². The molecule has 1 amide bonds. The van der Waals surface area contributed by atoms with Crippen LogP contribution in [0.3, 0.4) is 0 Å². The second-order valence-corrected chi connectivity index (χ2v) is 8.59. The number of carbonyl (C=O) groups excluding carboxylic acids is 1. The van der Waals surface area contributed by atoms with Crippen molar-refractivity contribution in [1.82, 2.24) is 24.4 Å². The van der Waals surface area contributed by atoms with E-state index in [9.17, 15) is 4.79 Å². The van der Waals surface area contributed by atoms with Gasteiger partial charge in [0.1, 0.15) is 11.6 Å². The van der Waals surface area contributed by atoms with E-state index in [1.54, 1.807) is 0 Å². The number of fused-ring (bicyclic) bond motifs is 1. The summed E-state index contributed by atoms with van der Waals surface area (Å²) in [6.07, 6.45) is 5.13. The number of rotatable bonds is 5. The van der Waals surface area contributed by atoms with Gasteiger partial charge in [-0.1, -0.05) is 22.9 Å². The van der Waals surface area contributed by atoms with E-state index in [2.05, 4.69) is 41.8 Å². The summed E-state index contributed by atoms with van der Waals surface area (Å²) in [5, 5.41) is 8.95. The maximum absolute atomic E-state index is 13.0. The summed E-state index contributed by atoms with van der Waals surface area (Å²) >= 11 is 0. The van der Waals surface area contributed by atoms with Crippen molar-refractivity contribution in [3.8, 4) is 11.5 Å². The summed E-state index contributed by atoms with van der Waals surface area (Å²) in [5.41, 5.74) is 7.41. The minimum atomic E-state index is 0.125. The SMILES string of the molecule is Cc1ccc(-n2nc3c(c2-n2cccc2)CN(C(=O)CCc2c(C)noc2C)C3)c(C)c1. The van der Waals surface area contributed by atoms with Crippen LogP contribution in [0, 0.1) is 27.7 Å². The van der Waals surface area contributed by atoms with Gasteiger partial charge in [-0.3, -0.25) is 4.79 Å². The van der Waals surface area contributed by atoms with Crippen LogP contribution in [0.1, 0.15) is 45.8 Å². The largest absolute Gasteiger partial charge is 0.361 e. The monoisotopic (exact) mass is 429 g/mol. The molecule has 0 unspecified atom stereocenters. The van der Waals surface area contributed by atoms with Crippen LogP contribution in [-0.2, 0) is 24.3 Å². The molecule has 4 aromatic rings. The Labute approximate surface area is 187 Å². The predicted molar refractivity (Wildman–Crippen MR) is 121 cm³/mol. The van der Waals surface area contributed by atoms with Crippen molar-refractivity contribution in [3.05, 3.63) is 82.1 Å². The third-order valence-corrected chi connectivity index (χ3v) is 6.28. The molecule has 0 aliphatic carbocycles.